The van der Waals surface area contributed by atoms with Crippen LogP contribution in [-0.2, 0) is 9.59 Å². The number of nitrogens with zero attached hydrogens (tertiary/aromatic N) is 2. The van der Waals surface area contributed by atoms with Crippen LogP contribution < -0.4 is 0 Å². The zero-order chi connectivity index (χ0) is 17.4. The van der Waals surface area contributed by atoms with Gasteiger partial charge in [-0.05, 0) is 31.9 Å². The molecule has 126 valence electrons. The number of piperidine rings is 1. The first-order valence-corrected chi connectivity index (χ1v) is 7.89. The van der Waals surface area contributed by atoms with Crippen molar-refractivity contribution in [3.63, 3.8) is 0 Å². The molecule has 7 nitrogen and oxygen atoms in total. The van der Waals surface area contributed by atoms with Gasteiger partial charge in [-0.3, -0.25) is 24.1 Å². The molecule has 1 fully saturated rings. The minimum Gasteiger partial charge on any atom is -0.481 e. The molecular weight excluding hydrogens is 312 g/mol. The molecule has 1 aromatic carbocycles. The van der Waals surface area contributed by atoms with E-state index in [1.807, 2.05) is 0 Å². The zero-order valence-electron chi connectivity index (χ0n) is 13.3. The molecule has 0 radical (unpaired) electrons. The van der Waals surface area contributed by atoms with Gasteiger partial charge in [0.05, 0.1) is 17.0 Å². The van der Waals surface area contributed by atoms with Gasteiger partial charge in [0.25, 0.3) is 11.8 Å². The highest BCUT2D eigenvalue weighted by Gasteiger charge is 2.40. The summed E-state index contributed by atoms with van der Waals surface area (Å²) in [5, 5.41) is 9.24. The molecular formula is C17H18N2O5. The second kappa shape index (κ2) is 6.07. The van der Waals surface area contributed by atoms with E-state index in [0.717, 1.165) is 4.90 Å². The van der Waals surface area contributed by atoms with E-state index in [0.29, 0.717) is 30.5 Å². The van der Waals surface area contributed by atoms with E-state index >= 15 is 0 Å². The first-order chi connectivity index (χ1) is 11.4. The maximum atomic E-state index is 12.6. The van der Waals surface area contributed by atoms with Crippen molar-refractivity contribution < 1.29 is 24.3 Å². The van der Waals surface area contributed by atoms with Crippen LogP contribution in [0.3, 0.4) is 0 Å². The van der Waals surface area contributed by atoms with Crippen molar-refractivity contribution in [2.24, 2.45) is 5.92 Å². The summed E-state index contributed by atoms with van der Waals surface area (Å²) < 4.78 is 0. The number of imide groups is 1. The fourth-order valence-electron chi connectivity index (χ4n) is 3.43. The Bertz CT molecular complexity index is 694. The summed E-state index contributed by atoms with van der Waals surface area (Å²) in [6.07, 6.45) is 1.11. The Labute approximate surface area is 138 Å². The van der Waals surface area contributed by atoms with Crippen LogP contribution in [0.1, 0.15) is 40.5 Å². The van der Waals surface area contributed by atoms with Crippen molar-refractivity contribution in [1.82, 2.24) is 9.80 Å². The van der Waals surface area contributed by atoms with Crippen LogP contribution in [0.15, 0.2) is 24.3 Å². The number of carbonyl (C=O) groups excluding carboxylic acids is 3. The van der Waals surface area contributed by atoms with E-state index < -0.39 is 35.7 Å². The fourth-order valence-corrected chi connectivity index (χ4v) is 3.43. The number of rotatable bonds is 3. The predicted octanol–water partition coefficient (Wildman–Crippen LogP) is 0.994. The highest BCUT2D eigenvalue weighted by Crippen LogP contribution is 2.26. The molecule has 0 aliphatic carbocycles. The number of amides is 3. The SMILES string of the molecule is C[C@@H]1[C@H](C(=O)O)CCCN1C(=O)CN1C(=O)c2ccccc2C1=O. The molecule has 2 atom stereocenters. The van der Waals surface area contributed by atoms with E-state index in [2.05, 4.69) is 0 Å². The lowest BCUT2D eigenvalue weighted by Gasteiger charge is -2.38. The summed E-state index contributed by atoms with van der Waals surface area (Å²) in [6.45, 7) is 1.77. The summed E-state index contributed by atoms with van der Waals surface area (Å²) in [6, 6.07) is 5.99. The molecule has 0 unspecified atom stereocenters. The highest BCUT2D eigenvalue weighted by atomic mass is 16.4. The lowest BCUT2D eigenvalue weighted by Crippen LogP contribution is -2.52. The molecule has 0 bridgehead atoms. The molecule has 2 aliphatic rings. The Morgan fingerprint density at radius 1 is 1.17 bits per heavy atom. The molecule has 1 N–H and O–H groups in total. The van der Waals surface area contributed by atoms with Gasteiger partial charge in [-0.15, -0.1) is 0 Å². The van der Waals surface area contributed by atoms with Crippen molar-refractivity contribution in [3.8, 4) is 0 Å². The van der Waals surface area contributed by atoms with Crippen molar-refractivity contribution in [3.05, 3.63) is 35.4 Å². The van der Waals surface area contributed by atoms with Gasteiger partial charge in [0.15, 0.2) is 0 Å². The number of carboxylic acids is 1. The lowest BCUT2D eigenvalue weighted by atomic mass is 9.90. The van der Waals surface area contributed by atoms with Crippen molar-refractivity contribution in [2.45, 2.75) is 25.8 Å². The smallest absolute Gasteiger partial charge is 0.308 e. The maximum absolute atomic E-state index is 12.6. The average molecular weight is 330 g/mol. The molecule has 2 aliphatic heterocycles. The van der Waals surface area contributed by atoms with Crippen LogP contribution in [0, 0.1) is 5.92 Å². The van der Waals surface area contributed by atoms with Crippen molar-refractivity contribution >= 4 is 23.7 Å². The summed E-state index contributed by atoms with van der Waals surface area (Å²) in [4.78, 5) is 50.9. The van der Waals surface area contributed by atoms with Crippen LogP contribution in [0.2, 0.25) is 0 Å². The van der Waals surface area contributed by atoms with Gasteiger partial charge in [-0.1, -0.05) is 12.1 Å². The van der Waals surface area contributed by atoms with Crippen LogP contribution in [0.25, 0.3) is 0 Å². The number of hydrogen-bond acceptors (Lipinski definition) is 4. The quantitative estimate of drug-likeness (QED) is 0.834. The normalized spacial score (nSPS) is 23.4. The maximum Gasteiger partial charge on any atom is 0.308 e. The summed E-state index contributed by atoms with van der Waals surface area (Å²) in [7, 11) is 0. The Kier molecular flexibility index (Phi) is 4.09. The lowest BCUT2D eigenvalue weighted by molar-refractivity contribution is -0.149. The molecule has 0 saturated carbocycles. The van der Waals surface area contributed by atoms with E-state index in [9.17, 15) is 24.3 Å². The van der Waals surface area contributed by atoms with Gasteiger partial charge in [0, 0.05) is 12.6 Å². The van der Waals surface area contributed by atoms with Crippen molar-refractivity contribution in [1.29, 1.82) is 0 Å². The molecule has 2 heterocycles. The zero-order valence-corrected chi connectivity index (χ0v) is 13.3. The second-order valence-corrected chi connectivity index (χ2v) is 6.16. The molecule has 3 amide bonds. The molecule has 0 spiro atoms. The minimum absolute atomic E-state index is 0.297. The number of hydrogen-bond donors (Lipinski definition) is 1. The Morgan fingerprint density at radius 2 is 1.75 bits per heavy atom. The Hall–Kier alpha value is -2.70. The van der Waals surface area contributed by atoms with Gasteiger partial charge >= 0.3 is 5.97 Å². The summed E-state index contributed by atoms with van der Waals surface area (Å²) in [5.74, 6) is -2.92. The minimum atomic E-state index is -0.930. The predicted molar refractivity (Wildman–Crippen MR) is 83.3 cm³/mol. The number of fused-ring (bicyclic) bond motifs is 1. The van der Waals surface area contributed by atoms with Gasteiger partial charge in [-0.25, -0.2) is 0 Å². The molecule has 7 heteroatoms. The van der Waals surface area contributed by atoms with Crippen LogP contribution >= 0.6 is 0 Å². The Balaban J connectivity index is 1.75. The van der Waals surface area contributed by atoms with Crippen LogP contribution in [0.5, 0.6) is 0 Å². The van der Waals surface area contributed by atoms with Crippen molar-refractivity contribution in [2.75, 3.05) is 13.1 Å². The number of aliphatic carboxylic acids is 1. The second-order valence-electron chi connectivity index (χ2n) is 6.16. The summed E-state index contributed by atoms with van der Waals surface area (Å²) >= 11 is 0. The summed E-state index contributed by atoms with van der Waals surface area (Å²) in [5.41, 5.74) is 0.593. The number of carbonyl (C=O) groups is 4. The van der Waals surface area contributed by atoms with E-state index in [4.69, 9.17) is 0 Å². The number of likely N-dealkylation sites (tertiary alicyclic amines) is 1. The van der Waals surface area contributed by atoms with Gasteiger partial charge in [-0.2, -0.15) is 0 Å². The molecule has 1 saturated heterocycles. The highest BCUT2D eigenvalue weighted by molar-refractivity contribution is 6.22. The van der Waals surface area contributed by atoms with E-state index in [-0.39, 0.29) is 6.54 Å². The van der Waals surface area contributed by atoms with E-state index in [1.165, 1.54) is 4.90 Å². The van der Waals surface area contributed by atoms with E-state index in [1.54, 1.807) is 31.2 Å². The molecule has 0 aromatic heterocycles. The third kappa shape index (κ3) is 2.55. The number of carboxylic acid groups (broad SMARTS) is 1. The first kappa shape index (κ1) is 16.2. The fraction of sp³-hybridized carbons (Fsp3) is 0.412. The standard InChI is InChI=1S/C17H18N2O5/c1-10-11(17(23)24)7-4-8-18(10)14(20)9-19-15(21)12-5-2-3-6-13(12)16(19)22/h2-3,5-6,10-11H,4,7-9H2,1H3,(H,23,24)/t10-,11-/m1/s1. The number of benzene rings is 1. The van der Waals surface area contributed by atoms with Gasteiger partial charge < -0.3 is 10.0 Å². The van der Waals surface area contributed by atoms with Crippen LogP contribution in [-0.4, -0.2) is 57.7 Å². The Morgan fingerprint density at radius 3 is 2.29 bits per heavy atom. The third-order valence-electron chi connectivity index (χ3n) is 4.80. The van der Waals surface area contributed by atoms with Gasteiger partial charge in [0.2, 0.25) is 5.91 Å². The topological polar surface area (TPSA) is 95.0 Å². The van der Waals surface area contributed by atoms with Gasteiger partial charge in [0.1, 0.15) is 6.54 Å². The monoisotopic (exact) mass is 330 g/mol. The van der Waals surface area contributed by atoms with Crippen LogP contribution in [0.4, 0.5) is 0 Å². The first-order valence-electron chi connectivity index (χ1n) is 7.89. The molecule has 24 heavy (non-hydrogen) atoms. The molecule has 3 rings (SSSR count). The third-order valence-corrected chi connectivity index (χ3v) is 4.80. The largest absolute Gasteiger partial charge is 0.481 e. The molecule has 1 aromatic rings. The average Bonchev–Trinajstić information content (AvgIpc) is 2.80.